The van der Waals surface area contributed by atoms with Crippen LogP contribution in [0.2, 0.25) is 0 Å². The van der Waals surface area contributed by atoms with Crippen LogP contribution in [-0.4, -0.2) is 34.3 Å². The summed E-state index contributed by atoms with van der Waals surface area (Å²) >= 11 is 0. The summed E-state index contributed by atoms with van der Waals surface area (Å²) in [5.41, 5.74) is 4.70. The lowest BCUT2D eigenvalue weighted by molar-refractivity contribution is 0.335. The maximum absolute atomic E-state index is 4.81. The van der Waals surface area contributed by atoms with Crippen molar-refractivity contribution in [2.75, 3.05) is 5.32 Å². The second-order valence-electron chi connectivity index (χ2n) is 7.31. The van der Waals surface area contributed by atoms with Crippen LogP contribution in [0.25, 0.3) is 16.7 Å². The van der Waals surface area contributed by atoms with E-state index >= 15 is 0 Å². The molecule has 0 radical (unpaired) electrons. The van der Waals surface area contributed by atoms with Gasteiger partial charge < -0.3 is 5.32 Å². The molecule has 0 aromatic carbocycles. The van der Waals surface area contributed by atoms with Crippen LogP contribution in [0.4, 0.5) is 11.6 Å². The van der Waals surface area contributed by atoms with Crippen LogP contribution in [-0.2, 0) is 0 Å². The molecule has 0 amide bonds. The number of fused-ring (bicyclic) bond motifs is 2. The molecule has 0 atom stereocenters. The molecular formula is C19H22N8. The van der Waals surface area contributed by atoms with Gasteiger partial charge in [-0.15, -0.1) is 0 Å². The third-order valence-corrected chi connectivity index (χ3v) is 5.42. The Labute approximate surface area is 156 Å². The number of hydrogen-bond donors (Lipinski definition) is 1. The molecule has 4 aromatic rings. The number of anilines is 2. The monoisotopic (exact) mass is 362 g/mol. The summed E-state index contributed by atoms with van der Waals surface area (Å²) < 4.78 is 3.86. The van der Waals surface area contributed by atoms with Crippen LogP contribution in [0, 0.1) is 13.8 Å². The first-order valence-corrected chi connectivity index (χ1v) is 9.48. The minimum absolute atomic E-state index is 0.436. The van der Waals surface area contributed by atoms with Crippen molar-refractivity contribution in [3.63, 3.8) is 0 Å². The summed E-state index contributed by atoms with van der Waals surface area (Å²) in [7, 11) is 0. The highest BCUT2D eigenvalue weighted by atomic mass is 15.3. The third-order valence-electron chi connectivity index (χ3n) is 5.42. The van der Waals surface area contributed by atoms with E-state index in [1.807, 2.05) is 32.3 Å². The Morgan fingerprint density at radius 2 is 1.96 bits per heavy atom. The lowest BCUT2D eigenvalue weighted by Gasteiger charge is -2.22. The lowest BCUT2D eigenvalue weighted by atomic mass is 9.96. The Bertz CT molecular complexity index is 1120. The molecule has 0 aliphatic heterocycles. The predicted octanol–water partition coefficient (Wildman–Crippen LogP) is 3.73. The molecule has 0 bridgehead atoms. The fourth-order valence-electron chi connectivity index (χ4n) is 3.91. The number of aryl methyl sites for hydroxylation is 2. The number of rotatable bonds is 3. The molecule has 0 spiro atoms. The van der Waals surface area contributed by atoms with Crippen molar-refractivity contribution in [3.8, 4) is 0 Å². The third kappa shape index (κ3) is 2.81. The van der Waals surface area contributed by atoms with Crippen molar-refractivity contribution in [2.45, 2.75) is 52.0 Å². The van der Waals surface area contributed by atoms with E-state index < -0.39 is 0 Å². The molecule has 8 nitrogen and oxygen atoms in total. The highest BCUT2D eigenvalue weighted by molar-refractivity contribution is 5.79. The van der Waals surface area contributed by atoms with Gasteiger partial charge in [0.25, 0.3) is 0 Å². The molecule has 8 heteroatoms. The van der Waals surface area contributed by atoms with Crippen molar-refractivity contribution in [3.05, 3.63) is 36.0 Å². The number of aromatic nitrogens is 7. The van der Waals surface area contributed by atoms with E-state index in [1.165, 1.54) is 32.1 Å². The molecule has 1 saturated carbocycles. The highest BCUT2D eigenvalue weighted by Gasteiger charge is 2.21. The Hall–Kier alpha value is -3.03. The van der Waals surface area contributed by atoms with Gasteiger partial charge in [0.1, 0.15) is 6.33 Å². The van der Waals surface area contributed by atoms with E-state index in [0.717, 1.165) is 33.6 Å². The molecule has 5 rings (SSSR count). The second-order valence-corrected chi connectivity index (χ2v) is 7.31. The zero-order chi connectivity index (χ0) is 18.4. The van der Waals surface area contributed by atoms with Gasteiger partial charge in [-0.3, -0.25) is 0 Å². The largest absolute Gasteiger partial charge is 0.323 e. The summed E-state index contributed by atoms with van der Waals surface area (Å²) in [6, 6.07) is 2.43. The van der Waals surface area contributed by atoms with Gasteiger partial charge in [0, 0.05) is 6.20 Å². The van der Waals surface area contributed by atoms with Crippen LogP contribution in [0.3, 0.4) is 0 Å². The summed E-state index contributed by atoms with van der Waals surface area (Å²) in [5, 5.41) is 13.3. The van der Waals surface area contributed by atoms with Gasteiger partial charge in [0.05, 0.1) is 29.0 Å². The Balaban J connectivity index is 1.54. The molecule has 1 N–H and O–H groups in total. The van der Waals surface area contributed by atoms with Crippen molar-refractivity contribution in [1.82, 2.24) is 34.3 Å². The normalized spacial score (nSPS) is 15.6. The quantitative estimate of drug-likeness (QED) is 0.597. The van der Waals surface area contributed by atoms with Crippen molar-refractivity contribution in [2.24, 2.45) is 0 Å². The lowest BCUT2D eigenvalue weighted by Crippen LogP contribution is -2.15. The average Bonchev–Trinajstić information content (AvgIpc) is 3.26. The summed E-state index contributed by atoms with van der Waals surface area (Å²) in [6.07, 6.45) is 11.5. The van der Waals surface area contributed by atoms with Gasteiger partial charge in [-0.25, -0.2) is 19.2 Å². The SMILES string of the molecule is Cc1cc2ncnn2cc1Nc1ncc2c(C)nn(C3CCCCC3)c2n1. The number of nitrogens with one attached hydrogen (secondary N) is 1. The number of hydrogen-bond acceptors (Lipinski definition) is 6. The van der Waals surface area contributed by atoms with Gasteiger partial charge in [0.2, 0.25) is 5.95 Å². The second kappa shape index (κ2) is 6.29. The van der Waals surface area contributed by atoms with Crippen molar-refractivity contribution in [1.29, 1.82) is 0 Å². The first-order chi connectivity index (χ1) is 13.2. The topological polar surface area (TPSA) is 85.8 Å². The minimum Gasteiger partial charge on any atom is -0.323 e. The van der Waals surface area contributed by atoms with E-state index in [0.29, 0.717) is 12.0 Å². The first kappa shape index (κ1) is 16.2. The molecule has 4 heterocycles. The van der Waals surface area contributed by atoms with E-state index in [1.54, 1.807) is 10.8 Å². The number of nitrogens with zero attached hydrogens (tertiary/aromatic N) is 7. The average molecular weight is 362 g/mol. The van der Waals surface area contributed by atoms with Crippen LogP contribution in [0.15, 0.2) is 24.8 Å². The van der Waals surface area contributed by atoms with Crippen LogP contribution in [0.1, 0.15) is 49.4 Å². The van der Waals surface area contributed by atoms with Crippen LogP contribution < -0.4 is 5.32 Å². The molecule has 138 valence electrons. The van der Waals surface area contributed by atoms with Crippen LogP contribution >= 0.6 is 0 Å². The summed E-state index contributed by atoms with van der Waals surface area (Å²) in [4.78, 5) is 13.5. The van der Waals surface area contributed by atoms with E-state index in [4.69, 9.17) is 10.1 Å². The maximum Gasteiger partial charge on any atom is 0.229 e. The van der Waals surface area contributed by atoms with E-state index in [9.17, 15) is 0 Å². The van der Waals surface area contributed by atoms with Crippen molar-refractivity contribution >= 4 is 28.3 Å². The van der Waals surface area contributed by atoms with Crippen LogP contribution in [0.5, 0.6) is 0 Å². The van der Waals surface area contributed by atoms with Gasteiger partial charge in [0.15, 0.2) is 11.3 Å². The zero-order valence-corrected chi connectivity index (χ0v) is 15.6. The van der Waals surface area contributed by atoms with E-state index in [2.05, 4.69) is 25.1 Å². The molecule has 27 heavy (non-hydrogen) atoms. The summed E-state index contributed by atoms with van der Waals surface area (Å²) in [5.74, 6) is 0.571. The molecule has 1 aliphatic rings. The Morgan fingerprint density at radius 3 is 2.81 bits per heavy atom. The molecule has 0 saturated heterocycles. The minimum atomic E-state index is 0.436. The standard InChI is InChI=1S/C19H22N8/c1-12-8-17-21-11-22-26(17)10-16(12)23-19-20-9-15-13(2)25-27(18(15)24-19)14-6-4-3-5-7-14/h8-11,14H,3-7H2,1-2H3,(H,20,23,24). The van der Waals surface area contributed by atoms with Gasteiger partial charge in [-0.05, 0) is 38.3 Å². The molecule has 4 aromatic heterocycles. The fraction of sp³-hybridized carbons (Fsp3) is 0.421. The zero-order valence-electron chi connectivity index (χ0n) is 15.6. The molecular weight excluding hydrogens is 340 g/mol. The Morgan fingerprint density at radius 1 is 1.11 bits per heavy atom. The fourth-order valence-corrected chi connectivity index (χ4v) is 3.91. The highest BCUT2D eigenvalue weighted by Crippen LogP contribution is 2.31. The first-order valence-electron chi connectivity index (χ1n) is 9.48. The molecule has 1 fully saturated rings. The molecule has 0 unspecified atom stereocenters. The van der Waals surface area contributed by atoms with Gasteiger partial charge in [-0.2, -0.15) is 15.2 Å². The maximum atomic E-state index is 4.81. The van der Waals surface area contributed by atoms with Crippen molar-refractivity contribution < 1.29 is 0 Å². The van der Waals surface area contributed by atoms with Gasteiger partial charge >= 0.3 is 0 Å². The summed E-state index contributed by atoms with van der Waals surface area (Å²) in [6.45, 7) is 4.06. The predicted molar refractivity (Wildman–Crippen MR) is 103 cm³/mol. The molecule has 1 aliphatic carbocycles. The van der Waals surface area contributed by atoms with Gasteiger partial charge in [-0.1, -0.05) is 19.3 Å². The number of pyridine rings is 1. The van der Waals surface area contributed by atoms with E-state index in [-0.39, 0.29) is 0 Å². The Kier molecular flexibility index (Phi) is 3.77. The smallest absolute Gasteiger partial charge is 0.229 e.